The summed E-state index contributed by atoms with van der Waals surface area (Å²) >= 11 is 0. The lowest BCUT2D eigenvalue weighted by molar-refractivity contribution is 0.415. The summed E-state index contributed by atoms with van der Waals surface area (Å²) in [4.78, 5) is 21.6. The Balaban J connectivity index is 1.95. The molecule has 0 radical (unpaired) electrons. The molecule has 138 valence electrons. The minimum Gasteiger partial charge on any atom is -0.497 e. The van der Waals surface area contributed by atoms with Gasteiger partial charge in [0, 0.05) is 29.3 Å². The summed E-state index contributed by atoms with van der Waals surface area (Å²) < 4.78 is 6.41. The molecular weight excluding hydrogens is 354 g/mol. The molecule has 0 saturated heterocycles. The van der Waals surface area contributed by atoms with Crippen molar-refractivity contribution in [2.75, 3.05) is 7.11 Å². The zero-order valence-corrected chi connectivity index (χ0v) is 15.1. The summed E-state index contributed by atoms with van der Waals surface area (Å²) in [5, 5.41) is 12.0. The first-order chi connectivity index (χ1) is 13.7. The van der Waals surface area contributed by atoms with Gasteiger partial charge >= 0.3 is 0 Å². The Hall–Kier alpha value is -3.93. The van der Waals surface area contributed by atoms with Crippen molar-refractivity contribution in [3.8, 4) is 17.4 Å². The number of pyridine rings is 2. The van der Waals surface area contributed by atoms with E-state index in [0.29, 0.717) is 33.6 Å². The number of aromatic hydroxyl groups is 1. The largest absolute Gasteiger partial charge is 0.497 e. The highest BCUT2D eigenvalue weighted by Gasteiger charge is 2.16. The fraction of sp³-hybridized carbons (Fsp3) is 0.0455. The topological polar surface area (TPSA) is 76.7 Å². The molecule has 28 heavy (non-hydrogen) atoms. The minimum atomic E-state index is -0.342. The van der Waals surface area contributed by atoms with E-state index in [1.54, 1.807) is 62.0 Å². The van der Waals surface area contributed by atoms with Gasteiger partial charge in [0.05, 0.1) is 18.4 Å². The number of aliphatic imine (C=N–C) groups is 1. The van der Waals surface area contributed by atoms with Gasteiger partial charge in [-0.1, -0.05) is 30.3 Å². The van der Waals surface area contributed by atoms with Crippen molar-refractivity contribution < 1.29 is 9.84 Å². The van der Waals surface area contributed by atoms with Crippen LogP contribution in [0.15, 0.2) is 82.7 Å². The van der Waals surface area contributed by atoms with E-state index in [0.717, 1.165) is 0 Å². The van der Waals surface area contributed by atoms with Crippen LogP contribution in [0.25, 0.3) is 16.6 Å². The van der Waals surface area contributed by atoms with E-state index >= 15 is 0 Å². The number of benzene rings is 2. The van der Waals surface area contributed by atoms with Gasteiger partial charge in [0.1, 0.15) is 11.6 Å². The van der Waals surface area contributed by atoms with E-state index in [9.17, 15) is 9.90 Å². The maximum Gasteiger partial charge on any atom is 0.267 e. The highest BCUT2D eigenvalue weighted by molar-refractivity contribution is 6.02. The molecule has 1 N–H and O–H groups in total. The van der Waals surface area contributed by atoms with Crippen molar-refractivity contribution in [2.45, 2.75) is 0 Å². The van der Waals surface area contributed by atoms with Crippen LogP contribution in [-0.4, -0.2) is 28.0 Å². The van der Waals surface area contributed by atoms with Gasteiger partial charge in [0.25, 0.3) is 5.56 Å². The van der Waals surface area contributed by atoms with Gasteiger partial charge in [-0.25, -0.2) is 9.55 Å². The lowest BCUT2D eigenvalue weighted by Gasteiger charge is -2.12. The number of ether oxygens (including phenoxy) is 1. The molecule has 0 aliphatic rings. The van der Waals surface area contributed by atoms with Gasteiger partial charge in [-0.2, -0.15) is 0 Å². The molecule has 2 aromatic carbocycles. The number of methoxy groups -OCH3 is 1. The third-order valence-electron chi connectivity index (χ3n) is 4.38. The van der Waals surface area contributed by atoms with Crippen LogP contribution < -0.4 is 10.3 Å². The average Bonchev–Trinajstić information content (AvgIpc) is 2.75. The molecule has 0 aliphatic carbocycles. The monoisotopic (exact) mass is 371 g/mol. The number of nitrogens with zero attached hydrogens (tertiary/aromatic N) is 3. The molecule has 6 heteroatoms. The third-order valence-corrected chi connectivity index (χ3v) is 4.38. The minimum absolute atomic E-state index is 0.214. The fourth-order valence-corrected chi connectivity index (χ4v) is 3.02. The molecular formula is C22H17N3O3. The Kier molecular flexibility index (Phi) is 4.60. The van der Waals surface area contributed by atoms with Crippen LogP contribution in [0.5, 0.6) is 11.6 Å². The predicted molar refractivity (Wildman–Crippen MR) is 109 cm³/mol. The molecule has 4 aromatic rings. The number of hydrogen-bond donors (Lipinski definition) is 1. The lowest BCUT2D eigenvalue weighted by atomic mass is 10.1. The molecule has 0 aliphatic heterocycles. The summed E-state index contributed by atoms with van der Waals surface area (Å²) in [6, 6.07) is 19.5. The molecule has 2 aromatic heterocycles. The second-order valence-corrected chi connectivity index (χ2v) is 6.07. The van der Waals surface area contributed by atoms with Crippen LogP contribution in [-0.2, 0) is 0 Å². The Bertz CT molecular complexity index is 1230. The first-order valence-electron chi connectivity index (χ1n) is 8.65. The van der Waals surface area contributed by atoms with Gasteiger partial charge in [0.15, 0.2) is 0 Å². The summed E-state index contributed by atoms with van der Waals surface area (Å²) in [6.45, 7) is 0. The fourth-order valence-electron chi connectivity index (χ4n) is 3.02. The van der Waals surface area contributed by atoms with Crippen LogP contribution in [0, 0.1) is 0 Å². The second-order valence-electron chi connectivity index (χ2n) is 6.07. The zero-order valence-electron chi connectivity index (χ0n) is 15.1. The van der Waals surface area contributed by atoms with Crippen LogP contribution in [0.2, 0.25) is 0 Å². The molecule has 0 fully saturated rings. The Labute approximate surface area is 161 Å². The van der Waals surface area contributed by atoms with Crippen LogP contribution in [0.4, 0.5) is 5.69 Å². The lowest BCUT2D eigenvalue weighted by Crippen LogP contribution is -2.20. The zero-order chi connectivity index (χ0) is 19.5. The standard InChI is InChI=1S/C22H17N3O3/c1-28-16-8-6-7-15(13-16)24-14-19-17-9-2-3-10-18(17)21(26)25(22(19)27)20-11-4-5-12-23-20/h2-14,27H,1H3. The second kappa shape index (κ2) is 7.36. The Morgan fingerprint density at radius 1 is 1.04 bits per heavy atom. The number of aromatic nitrogens is 2. The smallest absolute Gasteiger partial charge is 0.267 e. The van der Waals surface area contributed by atoms with Crippen molar-refractivity contribution in [1.29, 1.82) is 0 Å². The summed E-state index contributed by atoms with van der Waals surface area (Å²) in [6.07, 6.45) is 3.12. The van der Waals surface area contributed by atoms with Crippen molar-refractivity contribution in [2.24, 2.45) is 4.99 Å². The van der Waals surface area contributed by atoms with Crippen molar-refractivity contribution in [1.82, 2.24) is 9.55 Å². The number of hydrogen-bond acceptors (Lipinski definition) is 5. The quantitative estimate of drug-likeness (QED) is 0.553. The summed E-state index contributed by atoms with van der Waals surface area (Å²) in [5.41, 5.74) is 0.757. The first kappa shape index (κ1) is 17.5. The molecule has 0 unspecified atom stereocenters. The van der Waals surface area contributed by atoms with E-state index in [2.05, 4.69) is 9.98 Å². The Morgan fingerprint density at radius 3 is 2.57 bits per heavy atom. The number of rotatable bonds is 4. The van der Waals surface area contributed by atoms with Crippen LogP contribution in [0.3, 0.4) is 0 Å². The molecule has 0 spiro atoms. The average molecular weight is 371 g/mol. The molecule has 2 heterocycles. The molecule has 6 nitrogen and oxygen atoms in total. The first-order valence-corrected chi connectivity index (χ1v) is 8.65. The normalized spacial score (nSPS) is 11.2. The van der Waals surface area contributed by atoms with E-state index in [1.807, 2.05) is 24.3 Å². The van der Waals surface area contributed by atoms with Gasteiger partial charge in [-0.05, 0) is 30.3 Å². The van der Waals surface area contributed by atoms with E-state index < -0.39 is 0 Å². The van der Waals surface area contributed by atoms with E-state index in [-0.39, 0.29) is 11.4 Å². The third kappa shape index (κ3) is 3.12. The van der Waals surface area contributed by atoms with E-state index in [4.69, 9.17) is 4.74 Å². The van der Waals surface area contributed by atoms with Gasteiger partial charge in [-0.15, -0.1) is 0 Å². The van der Waals surface area contributed by atoms with Crippen molar-refractivity contribution in [3.63, 3.8) is 0 Å². The van der Waals surface area contributed by atoms with Gasteiger partial charge in [0.2, 0.25) is 5.88 Å². The highest BCUT2D eigenvalue weighted by atomic mass is 16.5. The van der Waals surface area contributed by atoms with Gasteiger partial charge in [-0.3, -0.25) is 9.79 Å². The van der Waals surface area contributed by atoms with Crippen LogP contribution >= 0.6 is 0 Å². The predicted octanol–water partition coefficient (Wildman–Crippen LogP) is 3.85. The maximum absolute atomic E-state index is 13.0. The van der Waals surface area contributed by atoms with Crippen molar-refractivity contribution in [3.05, 3.63) is 88.8 Å². The molecule has 0 atom stereocenters. The van der Waals surface area contributed by atoms with Crippen molar-refractivity contribution >= 4 is 22.7 Å². The van der Waals surface area contributed by atoms with Crippen LogP contribution in [0.1, 0.15) is 5.56 Å². The molecule has 4 rings (SSSR count). The number of fused-ring (bicyclic) bond motifs is 1. The molecule has 0 saturated carbocycles. The van der Waals surface area contributed by atoms with E-state index in [1.165, 1.54) is 4.57 Å². The summed E-state index contributed by atoms with van der Waals surface area (Å²) in [7, 11) is 1.59. The molecule has 0 amide bonds. The maximum atomic E-state index is 13.0. The Morgan fingerprint density at radius 2 is 1.82 bits per heavy atom. The van der Waals surface area contributed by atoms with Gasteiger partial charge < -0.3 is 9.84 Å². The SMILES string of the molecule is COc1cccc(N=Cc2c(O)n(-c3ccccn3)c(=O)c3ccccc23)c1. The summed E-state index contributed by atoms with van der Waals surface area (Å²) in [5.74, 6) is 0.808. The highest BCUT2D eigenvalue weighted by Crippen LogP contribution is 2.26. The molecule has 0 bridgehead atoms.